The number of nitrogens with two attached hydrogens (primary N) is 1. The molecule has 0 unspecified atom stereocenters. The average Bonchev–Trinajstić information content (AvgIpc) is 2.31. The Morgan fingerprint density at radius 2 is 1.94 bits per heavy atom. The molecule has 0 fully saturated rings. The zero-order valence-electron chi connectivity index (χ0n) is 11.0. The second-order valence-electron chi connectivity index (χ2n) is 4.96. The topological polar surface area (TPSA) is 55.5 Å². The Morgan fingerprint density at radius 1 is 1.33 bits per heavy atom. The number of benzene rings is 1. The fourth-order valence-electron chi connectivity index (χ4n) is 1.43. The third-order valence-electron chi connectivity index (χ3n) is 2.99. The zero-order valence-corrected chi connectivity index (χ0v) is 11.8. The van der Waals surface area contributed by atoms with E-state index in [9.17, 15) is 0 Å². The van der Waals surface area contributed by atoms with Crippen LogP contribution in [0.4, 0.5) is 0 Å². The number of ether oxygens (including phenoxy) is 1. The Morgan fingerprint density at radius 3 is 2.44 bits per heavy atom. The van der Waals surface area contributed by atoms with Crippen molar-refractivity contribution in [3.8, 4) is 5.75 Å². The van der Waals surface area contributed by atoms with Crippen molar-refractivity contribution in [2.75, 3.05) is 13.2 Å². The maximum Gasteiger partial charge on any atom is 0.119 e. The number of thiocarbonyl (C=S) groups is 1. The summed E-state index contributed by atoms with van der Waals surface area (Å²) in [4.78, 5) is 0.518. The van der Waals surface area contributed by atoms with Crippen LogP contribution in [0.3, 0.4) is 0 Å². The predicted molar refractivity (Wildman–Crippen MR) is 77.9 cm³/mol. The zero-order chi connectivity index (χ0) is 13.6. The van der Waals surface area contributed by atoms with Gasteiger partial charge in [-0.25, -0.2) is 0 Å². The Kier molecular flexibility index (Phi) is 5.56. The standard InChI is InChI=1S/C14H21NO2S/c1-14(2,13(15)18)8-10-17-12-5-3-11(4-6-12)7-9-16/h3-6,16H,7-10H2,1-2H3,(H2,15,18). The van der Waals surface area contributed by atoms with Gasteiger partial charge in [-0.2, -0.15) is 0 Å². The molecule has 0 saturated heterocycles. The van der Waals surface area contributed by atoms with Crippen LogP contribution in [0, 0.1) is 5.41 Å². The van der Waals surface area contributed by atoms with Crippen LogP contribution in [0.1, 0.15) is 25.8 Å². The summed E-state index contributed by atoms with van der Waals surface area (Å²) < 4.78 is 5.65. The molecule has 3 nitrogen and oxygen atoms in total. The molecule has 18 heavy (non-hydrogen) atoms. The molecule has 0 bridgehead atoms. The number of aliphatic hydroxyl groups is 1. The molecule has 1 aromatic rings. The fourth-order valence-corrected chi connectivity index (χ4v) is 1.53. The summed E-state index contributed by atoms with van der Waals surface area (Å²) in [7, 11) is 0. The van der Waals surface area contributed by atoms with Gasteiger partial charge in [0.2, 0.25) is 0 Å². The second-order valence-corrected chi connectivity index (χ2v) is 5.40. The summed E-state index contributed by atoms with van der Waals surface area (Å²) >= 11 is 5.01. The number of aliphatic hydroxyl groups excluding tert-OH is 1. The lowest BCUT2D eigenvalue weighted by Gasteiger charge is -2.22. The van der Waals surface area contributed by atoms with E-state index in [4.69, 9.17) is 27.8 Å². The summed E-state index contributed by atoms with van der Waals surface area (Å²) in [6.45, 7) is 4.79. The second kappa shape index (κ2) is 6.71. The van der Waals surface area contributed by atoms with Crippen LogP contribution in [0.2, 0.25) is 0 Å². The first kappa shape index (κ1) is 14.9. The molecule has 0 aliphatic carbocycles. The highest BCUT2D eigenvalue weighted by Crippen LogP contribution is 2.21. The van der Waals surface area contributed by atoms with E-state index in [2.05, 4.69) is 0 Å². The molecular formula is C14H21NO2S. The molecule has 0 aliphatic heterocycles. The molecule has 100 valence electrons. The Hall–Kier alpha value is -1.13. The van der Waals surface area contributed by atoms with Gasteiger partial charge in [0.15, 0.2) is 0 Å². The number of hydrogen-bond acceptors (Lipinski definition) is 3. The predicted octanol–water partition coefficient (Wildman–Crippen LogP) is 2.30. The van der Waals surface area contributed by atoms with Crippen molar-refractivity contribution < 1.29 is 9.84 Å². The van der Waals surface area contributed by atoms with Crippen molar-refractivity contribution in [1.29, 1.82) is 0 Å². The van der Waals surface area contributed by atoms with Gasteiger partial charge in [0, 0.05) is 12.0 Å². The lowest BCUT2D eigenvalue weighted by molar-refractivity contribution is 0.270. The van der Waals surface area contributed by atoms with Gasteiger partial charge in [0.25, 0.3) is 0 Å². The maximum atomic E-state index is 8.82. The molecular weight excluding hydrogens is 246 g/mol. The molecule has 1 rings (SSSR count). The molecule has 1 aromatic carbocycles. The Labute approximate surface area is 114 Å². The lowest BCUT2D eigenvalue weighted by Crippen LogP contribution is -2.31. The van der Waals surface area contributed by atoms with E-state index in [-0.39, 0.29) is 12.0 Å². The minimum atomic E-state index is -0.174. The summed E-state index contributed by atoms with van der Waals surface area (Å²) in [5.74, 6) is 0.829. The van der Waals surface area contributed by atoms with Gasteiger partial charge in [0.05, 0.1) is 11.6 Å². The van der Waals surface area contributed by atoms with Crippen LogP contribution in [0.25, 0.3) is 0 Å². The molecule has 0 radical (unpaired) electrons. The number of hydrogen-bond donors (Lipinski definition) is 2. The first-order valence-corrected chi connectivity index (χ1v) is 6.49. The van der Waals surface area contributed by atoms with E-state index < -0.39 is 0 Å². The van der Waals surface area contributed by atoms with Gasteiger partial charge in [-0.15, -0.1) is 0 Å². The van der Waals surface area contributed by atoms with Crippen LogP contribution in [0.5, 0.6) is 5.75 Å². The molecule has 0 atom stereocenters. The smallest absolute Gasteiger partial charge is 0.119 e. The quantitative estimate of drug-likeness (QED) is 0.744. The first-order valence-electron chi connectivity index (χ1n) is 6.08. The van der Waals surface area contributed by atoms with E-state index >= 15 is 0 Å². The molecule has 0 heterocycles. The van der Waals surface area contributed by atoms with E-state index in [0.29, 0.717) is 18.0 Å². The van der Waals surface area contributed by atoms with Crippen molar-refractivity contribution in [1.82, 2.24) is 0 Å². The Bertz CT molecular complexity index is 387. The molecule has 0 aliphatic rings. The monoisotopic (exact) mass is 267 g/mol. The molecule has 0 saturated carbocycles. The van der Waals surface area contributed by atoms with Crippen molar-refractivity contribution in [3.05, 3.63) is 29.8 Å². The highest BCUT2D eigenvalue weighted by atomic mass is 32.1. The van der Waals surface area contributed by atoms with Crippen molar-refractivity contribution >= 4 is 17.2 Å². The fraction of sp³-hybridized carbons (Fsp3) is 0.500. The van der Waals surface area contributed by atoms with Crippen LogP contribution in [0.15, 0.2) is 24.3 Å². The molecule has 4 heteroatoms. The van der Waals surface area contributed by atoms with E-state index in [1.54, 1.807) is 0 Å². The third kappa shape index (κ3) is 4.63. The largest absolute Gasteiger partial charge is 0.494 e. The normalized spacial score (nSPS) is 11.3. The van der Waals surface area contributed by atoms with Crippen molar-refractivity contribution in [3.63, 3.8) is 0 Å². The molecule has 0 aromatic heterocycles. The van der Waals surface area contributed by atoms with Gasteiger partial charge in [-0.1, -0.05) is 38.2 Å². The molecule has 0 spiro atoms. The highest BCUT2D eigenvalue weighted by molar-refractivity contribution is 7.80. The first-order chi connectivity index (χ1) is 8.45. The van der Waals surface area contributed by atoms with Gasteiger partial charge in [-0.3, -0.25) is 0 Å². The molecule has 3 N–H and O–H groups in total. The van der Waals surface area contributed by atoms with Crippen LogP contribution in [-0.2, 0) is 6.42 Å². The minimum Gasteiger partial charge on any atom is -0.494 e. The van der Waals surface area contributed by atoms with E-state index in [0.717, 1.165) is 17.7 Å². The third-order valence-corrected chi connectivity index (χ3v) is 3.54. The minimum absolute atomic E-state index is 0.169. The van der Waals surface area contributed by atoms with Crippen LogP contribution >= 0.6 is 12.2 Å². The lowest BCUT2D eigenvalue weighted by atomic mass is 9.90. The Balaban J connectivity index is 2.42. The van der Waals surface area contributed by atoms with Crippen molar-refractivity contribution in [2.45, 2.75) is 26.7 Å². The van der Waals surface area contributed by atoms with Crippen molar-refractivity contribution in [2.24, 2.45) is 11.1 Å². The SMILES string of the molecule is CC(C)(CCOc1ccc(CCO)cc1)C(N)=S. The van der Waals surface area contributed by atoms with Gasteiger partial charge in [-0.05, 0) is 30.5 Å². The maximum absolute atomic E-state index is 8.82. The highest BCUT2D eigenvalue weighted by Gasteiger charge is 2.20. The average molecular weight is 267 g/mol. The van der Waals surface area contributed by atoms with E-state index in [1.807, 2.05) is 38.1 Å². The summed E-state index contributed by atoms with van der Waals surface area (Å²) in [5, 5.41) is 8.82. The van der Waals surface area contributed by atoms with Crippen LogP contribution < -0.4 is 10.5 Å². The summed E-state index contributed by atoms with van der Waals surface area (Å²) in [6, 6.07) is 7.76. The van der Waals surface area contributed by atoms with Gasteiger partial charge >= 0.3 is 0 Å². The summed E-state index contributed by atoms with van der Waals surface area (Å²) in [5.41, 5.74) is 6.59. The van der Waals surface area contributed by atoms with Gasteiger partial charge in [0.1, 0.15) is 5.75 Å². The van der Waals surface area contributed by atoms with Gasteiger partial charge < -0.3 is 15.6 Å². The van der Waals surface area contributed by atoms with E-state index in [1.165, 1.54) is 0 Å². The number of rotatable bonds is 7. The summed E-state index contributed by atoms with van der Waals surface area (Å²) in [6.07, 6.45) is 1.47. The molecule has 0 amide bonds. The van der Waals surface area contributed by atoms with Crippen LogP contribution in [-0.4, -0.2) is 23.3 Å².